The molecule has 1 amide bonds. The lowest BCUT2D eigenvalue weighted by Gasteiger charge is -2.18. The Balaban J connectivity index is 1.77. The Morgan fingerprint density at radius 1 is 1.18 bits per heavy atom. The van der Waals surface area contributed by atoms with E-state index in [1.165, 1.54) is 5.56 Å². The molecule has 1 aliphatic heterocycles. The van der Waals surface area contributed by atoms with E-state index in [2.05, 4.69) is 11.4 Å². The highest BCUT2D eigenvalue weighted by Crippen LogP contribution is 2.29. The maximum Gasteiger partial charge on any atom is 0.258 e. The number of aliphatic hydroxyl groups is 1. The van der Waals surface area contributed by atoms with Crippen LogP contribution in [0.1, 0.15) is 22.3 Å². The van der Waals surface area contributed by atoms with Crippen LogP contribution in [0.3, 0.4) is 0 Å². The van der Waals surface area contributed by atoms with Gasteiger partial charge in [0.1, 0.15) is 0 Å². The molecule has 1 aliphatic rings. The second kappa shape index (κ2) is 6.62. The summed E-state index contributed by atoms with van der Waals surface area (Å²) < 4.78 is 0. The van der Waals surface area contributed by atoms with Gasteiger partial charge < -0.3 is 15.3 Å². The molecule has 0 unspecified atom stereocenters. The molecular formula is C18H20N2O2. The molecule has 0 spiro atoms. The summed E-state index contributed by atoms with van der Waals surface area (Å²) >= 11 is 0. The van der Waals surface area contributed by atoms with E-state index in [4.69, 9.17) is 5.11 Å². The third-order valence-electron chi connectivity index (χ3n) is 3.91. The Hall–Kier alpha value is -2.33. The standard InChI is InChI=1S/C18H20N2O2/c21-12-4-10-19-16-7-3-6-15(13-16)18(22)20-11-9-14-5-1-2-8-17(14)20/h1-3,5-8,13,19,21H,4,9-12H2. The van der Waals surface area contributed by atoms with Gasteiger partial charge in [-0.1, -0.05) is 24.3 Å². The first kappa shape index (κ1) is 14.6. The molecule has 2 aromatic rings. The summed E-state index contributed by atoms with van der Waals surface area (Å²) in [6, 6.07) is 15.6. The second-order valence-electron chi connectivity index (χ2n) is 5.42. The molecule has 0 aliphatic carbocycles. The van der Waals surface area contributed by atoms with Crippen molar-refractivity contribution in [3.63, 3.8) is 0 Å². The molecule has 2 N–H and O–H groups in total. The minimum Gasteiger partial charge on any atom is -0.396 e. The molecule has 0 radical (unpaired) electrons. The lowest BCUT2D eigenvalue weighted by atomic mass is 10.1. The van der Waals surface area contributed by atoms with Crippen LogP contribution in [0.4, 0.5) is 11.4 Å². The fourth-order valence-corrected chi connectivity index (χ4v) is 2.78. The van der Waals surface area contributed by atoms with Crippen molar-refractivity contribution in [1.29, 1.82) is 0 Å². The number of rotatable bonds is 5. The molecule has 0 bridgehead atoms. The van der Waals surface area contributed by atoms with E-state index in [1.807, 2.05) is 47.4 Å². The van der Waals surface area contributed by atoms with Crippen molar-refractivity contribution >= 4 is 17.3 Å². The predicted molar refractivity (Wildman–Crippen MR) is 88.5 cm³/mol. The predicted octanol–water partition coefficient (Wildman–Crippen LogP) is 2.68. The van der Waals surface area contributed by atoms with Gasteiger partial charge in [-0.25, -0.2) is 0 Å². The minimum atomic E-state index is 0.0377. The molecule has 114 valence electrons. The molecule has 0 fully saturated rings. The lowest BCUT2D eigenvalue weighted by molar-refractivity contribution is 0.0989. The Kier molecular flexibility index (Phi) is 4.39. The van der Waals surface area contributed by atoms with Crippen LogP contribution in [0, 0.1) is 0 Å². The van der Waals surface area contributed by atoms with Crippen LogP contribution in [0.5, 0.6) is 0 Å². The van der Waals surface area contributed by atoms with Crippen molar-refractivity contribution in [2.45, 2.75) is 12.8 Å². The molecule has 2 aromatic carbocycles. The molecule has 22 heavy (non-hydrogen) atoms. The number of amides is 1. The molecule has 0 saturated carbocycles. The first-order valence-electron chi connectivity index (χ1n) is 7.64. The molecule has 4 nitrogen and oxygen atoms in total. The smallest absolute Gasteiger partial charge is 0.258 e. The van der Waals surface area contributed by atoms with E-state index in [0.717, 1.165) is 24.3 Å². The zero-order valence-corrected chi connectivity index (χ0v) is 12.5. The van der Waals surface area contributed by atoms with Crippen LogP contribution in [0.25, 0.3) is 0 Å². The van der Waals surface area contributed by atoms with Gasteiger partial charge in [-0.05, 0) is 42.7 Å². The number of carbonyl (C=O) groups excluding carboxylic acids is 1. The Morgan fingerprint density at radius 2 is 2.05 bits per heavy atom. The van der Waals surface area contributed by atoms with E-state index in [0.29, 0.717) is 18.5 Å². The van der Waals surface area contributed by atoms with Crippen LogP contribution in [-0.4, -0.2) is 30.7 Å². The van der Waals surface area contributed by atoms with Gasteiger partial charge in [-0.3, -0.25) is 4.79 Å². The molecule has 0 aromatic heterocycles. The minimum absolute atomic E-state index is 0.0377. The summed E-state index contributed by atoms with van der Waals surface area (Å²) in [5.41, 5.74) is 3.84. The van der Waals surface area contributed by atoms with Gasteiger partial charge in [-0.15, -0.1) is 0 Å². The summed E-state index contributed by atoms with van der Waals surface area (Å²) in [6.45, 7) is 1.59. The van der Waals surface area contributed by atoms with Gasteiger partial charge in [0.05, 0.1) is 0 Å². The zero-order valence-electron chi connectivity index (χ0n) is 12.5. The number of nitrogens with zero attached hydrogens (tertiary/aromatic N) is 1. The van der Waals surface area contributed by atoms with Crippen molar-refractivity contribution in [3.8, 4) is 0 Å². The summed E-state index contributed by atoms with van der Waals surface area (Å²) in [4.78, 5) is 14.6. The van der Waals surface area contributed by atoms with Gasteiger partial charge in [0.25, 0.3) is 5.91 Å². The Bertz CT molecular complexity index is 670. The lowest BCUT2D eigenvalue weighted by Crippen LogP contribution is -2.28. The number of nitrogens with one attached hydrogen (secondary N) is 1. The van der Waals surface area contributed by atoms with Crippen molar-refractivity contribution in [1.82, 2.24) is 0 Å². The van der Waals surface area contributed by atoms with Crippen LogP contribution < -0.4 is 10.2 Å². The van der Waals surface area contributed by atoms with E-state index < -0.39 is 0 Å². The van der Waals surface area contributed by atoms with Crippen molar-refractivity contribution < 1.29 is 9.90 Å². The number of anilines is 2. The van der Waals surface area contributed by atoms with Gasteiger partial charge in [0.2, 0.25) is 0 Å². The van der Waals surface area contributed by atoms with Crippen LogP contribution >= 0.6 is 0 Å². The highest BCUT2D eigenvalue weighted by Gasteiger charge is 2.25. The highest BCUT2D eigenvalue weighted by atomic mass is 16.3. The van der Waals surface area contributed by atoms with E-state index in [9.17, 15) is 4.79 Å². The topological polar surface area (TPSA) is 52.6 Å². The van der Waals surface area contributed by atoms with E-state index in [1.54, 1.807) is 0 Å². The van der Waals surface area contributed by atoms with Crippen LogP contribution in [0.2, 0.25) is 0 Å². The SMILES string of the molecule is O=C(c1cccc(NCCCO)c1)N1CCc2ccccc21. The van der Waals surface area contributed by atoms with Gasteiger partial charge >= 0.3 is 0 Å². The summed E-state index contributed by atoms with van der Waals surface area (Å²) in [5.74, 6) is 0.0377. The average molecular weight is 296 g/mol. The second-order valence-corrected chi connectivity index (χ2v) is 5.42. The van der Waals surface area contributed by atoms with E-state index in [-0.39, 0.29) is 12.5 Å². The number of aliphatic hydroxyl groups excluding tert-OH is 1. The molecule has 0 atom stereocenters. The Labute approximate surface area is 130 Å². The van der Waals surface area contributed by atoms with Crippen LogP contribution in [-0.2, 0) is 6.42 Å². The third kappa shape index (κ3) is 2.97. The number of hydrogen-bond donors (Lipinski definition) is 2. The largest absolute Gasteiger partial charge is 0.396 e. The third-order valence-corrected chi connectivity index (χ3v) is 3.91. The fourth-order valence-electron chi connectivity index (χ4n) is 2.78. The number of benzene rings is 2. The summed E-state index contributed by atoms with van der Waals surface area (Å²) in [6.07, 6.45) is 1.61. The number of fused-ring (bicyclic) bond motifs is 1. The Morgan fingerprint density at radius 3 is 2.91 bits per heavy atom. The molecule has 1 heterocycles. The summed E-state index contributed by atoms with van der Waals surface area (Å²) in [7, 11) is 0. The maximum absolute atomic E-state index is 12.8. The molecule has 4 heteroatoms. The van der Waals surface area contributed by atoms with Crippen molar-refractivity contribution in [2.24, 2.45) is 0 Å². The number of para-hydroxylation sites is 1. The van der Waals surface area contributed by atoms with Gasteiger partial charge in [0.15, 0.2) is 0 Å². The van der Waals surface area contributed by atoms with Crippen molar-refractivity contribution in [3.05, 3.63) is 59.7 Å². The maximum atomic E-state index is 12.8. The van der Waals surface area contributed by atoms with Gasteiger partial charge in [0, 0.05) is 36.6 Å². The zero-order chi connectivity index (χ0) is 15.4. The van der Waals surface area contributed by atoms with Gasteiger partial charge in [-0.2, -0.15) is 0 Å². The summed E-state index contributed by atoms with van der Waals surface area (Å²) in [5, 5.41) is 12.0. The first-order chi connectivity index (χ1) is 10.8. The fraction of sp³-hybridized carbons (Fsp3) is 0.278. The van der Waals surface area contributed by atoms with Crippen molar-refractivity contribution in [2.75, 3.05) is 29.9 Å². The highest BCUT2D eigenvalue weighted by molar-refractivity contribution is 6.07. The quantitative estimate of drug-likeness (QED) is 0.834. The molecular weight excluding hydrogens is 276 g/mol. The van der Waals surface area contributed by atoms with E-state index >= 15 is 0 Å². The first-order valence-corrected chi connectivity index (χ1v) is 7.64. The van der Waals surface area contributed by atoms with Crippen LogP contribution in [0.15, 0.2) is 48.5 Å². The monoisotopic (exact) mass is 296 g/mol. The molecule has 0 saturated heterocycles. The average Bonchev–Trinajstić information content (AvgIpc) is 2.99. The molecule has 3 rings (SSSR count). The number of hydrogen-bond acceptors (Lipinski definition) is 3. The number of carbonyl (C=O) groups is 1. The normalized spacial score (nSPS) is 13.0.